The monoisotopic (exact) mass is 540 g/mol. The molecule has 11 heteroatoms. The third-order valence-corrected chi connectivity index (χ3v) is 5.39. The van der Waals surface area contributed by atoms with Crippen molar-refractivity contribution in [1.82, 2.24) is 0 Å². The molecular formula is C27H44N2O9. The maximum absolute atomic E-state index is 12.5. The average molecular weight is 541 g/mol. The number of esters is 2. The molecular weight excluding hydrogens is 496 g/mol. The van der Waals surface area contributed by atoms with Gasteiger partial charge in [0.2, 0.25) is 0 Å². The second-order valence-electron chi connectivity index (χ2n) is 9.18. The minimum Gasteiger partial charge on any atom is -0.462 e. The summed E-state index contributed by atoms with van der Waals surface area (Å²) < 4.78 is 18.7. The highest BCUT2D eigenvalue weighted by molar-refractivity contribution is 5.97. The smallest absolute Gasteiger partial charge is 0.404 e. The summed E-state index contributed by atoms with van der Waals surface area (Å²) in [5, 5.41) is 0. The summed E-state index contributed by atoms with van der Waals surface area (Å²) in [6.07, 6.45) is 0.0323. The summed E-state index contributed by atoms with van der Waals surface area (Å²) in [5.74, 6) is -0.641. The van der Waals surface area contributed by atoms with Crippen molar-refractivity contribution in [3.8, 4) is 0 Å². The van der Waals surface area contributed by atoms with Crippen LogP contribution in [0.3, 0.4) is 0 Å². The third-order valence-electron chi connectivity index (χ3n) is 5.39. The molecule has 0 saturated carbocycles. The lowest BCUT2D eigenvalue weighted by Crippen LogP contribution is -2.35. The second kappa shape index (κ2) is 18.6. The zero-order chi connectivity index (χ0) is 30.1. The molecule has 4 N–H and O–H groups in total. The molecule has 0 saturated heterocycles. The Hall–Kier alpha value is -3.63. The highest BCUT2D eigenvalue weighted by atomic mass is 16.6. The van der Waals surface area contributed by atoms with E-state index in [1.165, 1.54) is 0 Å². The van der Waals surface area contributed by atoms with Crippen LogP contribution in [0.15, 0.2) is 35.5 Å². The van der Waals surface area contributed by atoms with Gasteiger partial charge in [-0.3, -0.25) is 4.79 Å². The molecule has 0 bridgehead atoms. The van der Waals surface area contributed by atoms with Gasteiger partial charge in [0, 0.05) is 24.0 Å². The van der Waals surface area contributed by atoms with Crippen LogP contribution in [-0.2, 0) is 33.3 Å². The molecule has 0 aromatic heterocycles. The van der Waals surface area contributed by atoms with Crippen LogP contribution in [0.2, 0.25) is 0 Å². The first kappa shape index (κ1) is 36.5. The van der Waals surface area contributed by atoms with Crippen LogP contribution in [0.4, 0.5) is 9.59 Å². The number of hydrogen-bond donors (Lipinski definition) is 2. The van der Waals surface area contributed by atoms with Gasteiger partial charge in [-0.05, 0) is 57.9 Å². The minimum atomic E-state index is -0.711. The van der Waals surface area contributed by atoms with E-state index >= 15 is 0 Å². The molecule has 1 aliphatic carbocycles. The Morgan fingerprint density at radius 1 is 0.868 bits per heavy atom. The van der Waals surface area contributed by atoms with Gasteiger partial charge in [0.05, 0.1) is 26.4 Å². The summed E-state index contributed by atoms with van der Waals surface area (Å²) in [6, 6.07) is 0. The Balaban J connectivity index is 0. The minimum absolute atomic E-state index is 0.0917. The quantitative estimate of drug-likeness (QED) is 0.234. The van der Waals surface area contributed by atoms with Crippen molar-refractivity contribution >= 4 is 29.9 Å². The largest absolute Gasteiger partial charge is 0.462 e. The fourth-order valence-corrected chi connectivity index (χ4v) is 3.65. The second-order valence-corrected chi connectivity index (χ2v) is 9.18. The first-order valence-electron chi connectivity index (χ1n) is 12.2. The molecule has 1 atom stereocenters. The summed E-state index contributed by atoms with van der Waals surface area (Å²) in [6.45, 7) is 20.9. The Labute approximate surface area is 225 Å². The normalized spacial score (nSPS) is 15.4. The lowest BCUT2D eigenvalue weighted by Gasteiger charge is -2.40. The average Bonchev–Trinajstić information content (AvgIpc) is 2.78. The summed E-state index contributed by atoms with van der Waals surface area (Å²) in [7, 11) is 0. The van der Waals surface area contributed by atoms with E-state index < -0.39 is 24.1 Å². The number of hydrogen-bond acceptors (Lipinski definition) is 9. The highest BCUT2D eigenvalue weighted by Crippen LogP contribution is 2.44. The van der Waals surface area contributed by atoms with Crippen LogP contribution in [-0.4, -0.2) is 56.3 Å². The Morgan fingerprint density at radius 2 is 1.29 bits per heavy atom. The van der Waals surface area contributed by atoms with Gasteiger partial charge in [-0.1, -0.05) is 32.6 Å². The Kier molecular flexibility index (Phi) is 17.9. The van der Waals surface area contributed by atoms with Gasteiger partial charge < -0.3 is 30.4 Å². The fourth-order valence-electron chi connectivity index (χ4n) is 3.65. The number of carbonyl (C=O) groups excluding carboxylic acids is 5. The molecule has 0 fully saturated rings. The first-order chi connectivity index (χ1) is 17.5. The van der Waals surface area contributed by atoms with E-state index in [1.54, 1.807) is 27.7 Å². The molecule has 2 amide bonds. The van der Waals surface area contributed by atoms with E-state index in [2.05, 4.69) is 47.9 Å². The standard InChI is InChI=1S/C21H30O5.2C3H7NO2/c1-13(2)19(23)25-10-8-16-15(5)17(21(6,7)12-18(16)22)9-11-26-20(24)14(3)4;2*1-2-6-3(4)5/h17H,1,3,8-12H2,2,4-7H3;2*2H2,1H3,(H2,4,5). The van der Waals surface area contributed by atoms with Crippen LogP contribution in [0.1, 0.15) is 67.7 Å². The summed E-state index contributed by atoms with van der Waals surface area (Å²) >= 11 is 0. The number of Topliss-reactive ketones (excluding diaryl/α,β-unsaturated/α-hetero) is 1. The molecule has 1 unspecified atom stereocenters. The number of primary amides is 2. The number of rotatable bonds is 10. The Morgan fingerprint density at radius 3 is 1.63 bits per heavy atom. The number of amides is 2. The summed E-state index contributed by atoms with van der Waals surface area (Å²) in [5.41, 5.74) is 11.3. The van der Waals surface area contributed by atoms with Crippen molar-refractivity contribution < 1.29 is 42.9 Å². The zero-order valence-corrected chi connectivity index (χ0v) is 23.8. The van der Waals surface area contributed by atoms with E-state index in [9.17, 15) is 24.0 Å². The van der Waals surface area contributed by atoms with E-state index in [0.29, 0.717) is 43.6 Å². The molecule has 38 heavy (non-hydrogen) atoms. The van der Waals surface area contributed by atoms with Gasteiger partial charge in [-0.15, -0.1) is 0 Å². The molecule has 11 nitrogen and oxygen atoms in total. The molecule has 0 heterocycles. The highest BCUT2D eigenvalue weighted by Gasteiger charge is 2.39. The van der Waals surface area contributed by atoms with Crippen molar-refractivity contribution in [2.75, 3.05) is 26.4 Å². The van der Waals surface area contributed by atoms with Crippen LogP contribution in [0, 0.1) is 11.3 Å². The molecule has 216 valence electrons. The number of allylic oxidation sites excluding steroid dienone is 1. The van der Waals surface area contributed by atoms with Crippen LogP contribution < -0.4 is 11.5 Å². The number of carbonyl (C=O) groups is 5. The Bertz CT molecular complexity index is 888. The van der Waals surface area contributed by atoms with Crippen molar-refractivity contribution in [3.63, 3.8) is 0 Å². The predicted octanol–water partition coefficient (Wildman–Crippen LogP) is 4.14. The van der Waals surface area contributed by atoms with Gasteiger partial charge in [0.1, 0.15) is 0 Å². The topological polar surface area (TPSA) is 174 Å². The van der Waals surface area contributed by atoms with Gasteiger partial charge in [-0.2, -0.15) is 0 Å². The third kappa shape index (κ3) is 15.5. The lowest BCUT2D eigenvalue weighted by atomic mass is 9.64. The van der Waals surface area contributed by atoms with Crippen LogP contribution >= 0.6 is 0 Å². The van der Waals surface area contributed by atoms with E-state index in [1.807, 2.05) is 6.92 Å². The van der Waals surface area contributed by atoms with Crippen LogP contribution in [0.5, 0.6) is 0 Å². The van der Waals surface area contributed by atoms with Gasteiger partial charge >= 0.3 is 24.1 Å². The number of ether oxygens (including phenoxy) is 4. The van der Waals surface area contributed by atoms with Gasteiger partial charge in [0.25, 0.3) is 0 Å². The zero-order valence-electron chi connectivity index (χ0n) is 23.8. The SMILES string of the molecule is C=C(C)C(=O)OCCC1=C(C)C(CCOC(=O)C(=C)C)C(C)(C)CC1=O.CCOC(N)=O.CCOC(N)=O. The molecule has 0 aliphatic heterocycles. The number of ketones is 1. The fraction of sp³-hybridized carbons (Fsp3) is 0.593. The van der Waals surface area contributed by atoms with Crippen molar-refractivity contribution in [1.29, 1.82) is 0 Å². The van der Waals surface area contributed by atoms with E-state index in [4.69, 9.17) is 9.47 Å². The van der Waals surface area contributed by atoms with Crippen molar-refractivity contribution in [2.24, 2.45) is 22.8 Å². The maximum atomic E-state index is 12.5. The van der Waals surface area contributed by atoms with E-state index in [-0.39, 0.29) is 30.3 Å². The van der Waals surface area contributed by atoms with Gasteiger partial charge in [-0.25, -0.2) is 19.2 Å². The van der Waals surface area contributed by atoms with Crippen molar-refractivity contribution in [3.05, 3.63) is 35.5 Å². The van der Waals surface area contributed by atoms with E-state index in [0.717, 1.165) is 11.1 Å². The first-order valence-corrected chi connectivity index (χ1v) is 12.2. The van der Waals surface area contributed by atoms with Crippen molar-refractivity contribution in [2.45, 2.75) is 67.7 Å². The number of nitrogens with two attached hydrogens (primary N) is 2. The molecule has 0 radical (unpaired) electrons. The molecule has 0 aromatic carbocycles. The molecule has 1 aliphatic rings. The van der Waals surface area contributed by atoms with Gasteiger partial charge in [0.15, 0.2) is 5.78 Å². The molecule has 0 spiro atoms. The summed E-state index contributed by atoms with van der Waals surface area (Å²) in [4.78, 5) is 54.8. The maximum Gasteiger partial charge on any atom is 0.404 e. The lowest BCUT2D eigenvalue weighted by molar-refractivity contribution is -0.140. The van der Waals surface area contributed by atoms with Crippen LogP contribution in [0.25, 0.3) is 0 Å². The molecule has 1 rings (SSSR count). The molecule has 0 aromatic rings. The predicted molar refractivity (Wildman–Crippen MR) is 143 cm³/mol.